The average molecular weight is 1780 g/mol. The van der Waals surface area contributed by atoms with Gasteiger partial charge in [-0.3, -0.25) is 67.3 Å². The molecule has 2 aliphatic rings. The number of hydrogen-bond donors (Lipinski definition) is 11. The number of imide groups is 1. The van der Waals surface area contributed by atoms with Crippen molar-refractivity contribution in [2.45, 2.75) is 226 Å². The van der Waals surface area contributed by atoms with E-state index < -0.39 is 156 Å². The summed E-state index contributed by atoms with van der Waals surface area (Å²) < 4.78 is 51.0. The lowest BCUT2D eigenvalue weighted by Gasteiger charge is -2.41. The maximum absolute atomic E-state index is 14.9. The number of primary amides is 1. The molecule has 2 heterocycles. The number of ether oxygens (including phenoxy) is 9. The van der Waals surface area contributed by atoms with E-state index in [1.54, 1.807) is 109 Å². The third kappa shape index (κ3) is 39.2. The number of carbonyl (C=O) groups excluding carboxylic acids is 13. The van der Waals surface area contributed by atoms with Gasteiger partial charge < -0.3 is 111 Å². The van der Waals surface area contributed by atoms with E-state index in [0.29, 0.717) is 94.9 Å². The number of anilines is 1. The summed E-state index contributed by atoms with van der Waals surface area (Å²) in [6.45, 7) is 21.6. The molecular weight excluding hydrogens is 1640 g/mol. The first-order valence-corrected chi connectivity index (χ1v) is 43.7. The van der Waals surface area contributed by atoms with Gasteiger partial charge in [-0.25, -0.2) is 9.59 Å². The van der Waals surface area contributed by atoms with Crippen LogP contribution in [-0.2, 0) is 107 Å². The molecule has 38 nitrogen and oxygen atoms in total. The van der Waals surface area contributed by atoms with Crippen LogP contribution in [0.4, 0.5) is 15.3 Å². The summed E-state index contributed by atoms with van der Waals surface area (Å²) in [5, 5.41) is 42.2. The lowest BCUT2D eigenvalue weighted by molar-refractivity contribution is -0.148. The number of likely N-dealkylation sites (tertiary alicyclic amines) is 1. The number of urea groups is 1. The summed E-state index contributed by atoms with van der Waals surface area (Å²) >= 11 is 0. The van der Waals surface area contributed by atoms with Gasteiger partial charge in [-0.1, -0.05) is 118 Å². The molecule has 0 saturated carbocycles. The normalized spacial score (nSPS) is 16.1. The summed E-state index contributed by atoms with van der Waals surface area (Å²) in [5.74, 6) is -8.32. The molecule has 1 fully saturated rings. The van der Waals surface area contributed by atoms with Gasteiger partial charge in [0.05, 0.1) is 134 Å². The van der Waals surface area contributed by atoms with Crippen LogP contribution >= 0.6 is 0 Å². The highest BCUT2D eigenvalue weighted by molar-refractivity contribution is 6.13. The van der Waals surface area contributed by atoms with Crippen LogP contribution in [0.2, 0.25) is 0 Å². The van der Waals surface area contributed by atoms with Crippen LogP contribution in [0.5, 0.6) is 0 Å². The fourth-order valence-electron chi connectivity index (χ4n) is 14.7. The molecule has 0 radical (unpaired) electrons. The summed E-state index contributed by atoms with van der Waals surface area (Å²) in [7, 11) is 6.06. The van der Waals surface area contributed by atoms with Gasteiger partial charge in [0.25, 0.3) is 11.8 Å². The van der Waals surface area contributed by atoms with Gasteiger partial charge in [-0.05, 0) is 92.4 Å². The largest absolute Gasteiger partial charge is 0.481 e. The number of nitrogens with two attached hydrogens (primary N) is 1. The molecule has 1 unspecified atom stereocenters. The maximum Gasteiger partial charge on any atom is 0.410 e. The molecule has 12 N–H and O–H groups in total. The number of hydrogen-bond acceptors (Lipinski definition) is 24. The molecule has 126 heavy (non-hydrogen) atoms. The maximum atomic E-state index is 14.9. The van der Waals surface area contributed by atoms with E-state index in [2.05, 4.69) is 42.5 Å². The van der Waals surface area contributed by atoms with Gasteiger partial charge in [0.15, 0.2) is 0 Å². The number of benzene rings is 2. The number of aliphatic hydroxyl groups excluding tert-OH is 1. The first-order chi connectivity index (χ1) is 60.0. The second-order valence-corrected chi connectivity index (χ2v) is 32.6. The number of likely N-dealkylation sites (N-methyl/N-ethyl adjacent to an activating group) is 2. The summed E-state index contributed by atoms with van der Waals surface area (Å²) in [4.78, 5) is 189. The number of carboxylic acids is 1. The van der Waals surface area contributed by atoms with Crippen molar-refractivity contribution in [2.24, 2.45) is 35.3 Å². The quantitative estimate of drug-likeness (QED) is 0.0329. The SMILES string of the molecule is CC[C@H](C)[C@@H]([C@@H](CC(=O)N1CCC[C@H]1[C@H](OC)[C@@H](C)C(=O)N[C@H](C)[C@@H](O)c1ccccc1)OC)N(C)C(=O)[C@@H](NC(=O)[C@H](C(C)C)N(C)C(=O)OCc1ccc(NC(=O)[C@H](CCCNC(N)=O)NC(=O)[C@@H](NC(=O)CCOCCOCCOCCOCCOCCOCCNC(=O)CC(CC(=O)O)NC(=O)CCCCCN2C(=O)C=CC2=O)C(C)C)cc1)C(C)C. The molecule has 0 aromatic heterocycles. The van der Waals surface area contributed by atoms with Crippen molar-refractivity contribution in [3.8, 4) is 0 Å². The minimum atomic E-state index is -1.17. The molecule has 38 heteroatoms. The van der Waals surface area contributed by atoms with Crippen LogP contribution in [0, 0.1) is 29.6 Å². The second-order valence-electron chi connectivity index (χ2n) is 32.6. The number of aliphatic hydroxyl groups is 1. The predicted octanol–water partition coefficient (Wildman–Crippen LogP) is 4.03. The van der Waals surface area contributed by atoms with Crippen molar-refractivity contribution in [3.05, 3.63) is 77.9 Å². The minimum Gasteiger partial charge on any atom is -0.481 e. The Bertz CT molecular complexity index is 3730. The lowest BCUT2D eigenvalue weighted by Crippen LogP contribution is -2.60. The molecule has 708 valence electrons. The monoisotopic (exact) mass is 1780 g/mol. The van der Waals surface area contributed by atoms with E-state index in [1.807, 2.05) is 32.0 Å². The van der Waals surface area contributed by atoms with Crippen molar-refractivity contribution >= 4 is 88.8 Å². The number of nitrogens with zero attached hydrogens (tertiary/aromatic N) is 4. The zero-order valence-corrected chi connectivity index (χ0v) is 76.0. The Balaban J connectivity index is 1.15. The molecular formula is C88H141N13O25. The molecule has 2 aliphatic heterocycles. The molecule has 1 saturated heterocycles. The van der Waals surface area contributed by atoms with Crippen LogP contribution in [0.3, 0.4) is 0 Å². The molecule has 2 aromatic rings. The summed E-state index contributed by atoms with van der Waals surface area (Å²) in [6.07, 6.45) is 2.06. The minimum absolute atomic E-state index is 0.0226. The standard InChI is InChI=1S/C88H141N13O25/c1-15-59(8)79(68(118-13)54-74(107)100-39-23-27-67(100)81(119-14)60(9)82(111)92-61(10)80(110)63-24-18-16-19-25-63)98(11)86(115)77(57(4)5)97-85(114)78(58(6)7)99(12)88(117)126-55-62-29-31-64(32-30-62)94-83(112)66(26-22-36-91-87(89)116)95-84(113)76(56(2)3)96-70(103)35-40-120-42-44-122-46-48-124-50-51-125-49-47-123-45-43-121-41-37-90-71(104)52-65(53-75(108)109)93-69(102)28-20-17-21-38-101-72(105)33-34-73(101)106/h16,18-19,24-25,29-34,56-61,65-68,76-81,110H,15,17,20-23,26-28,35-55H2,1-14H3,(H,90,104)(H,92,111)(H,93,102)(H,94,112)(H,95,113)(H,96,103)(H,97,114)(H,108,109)(H3,89,91,116)/t59-,60+,61+,65?,66-,67-,68+,76-,77-,78-,79-,80+,81+/m0/s1. The molecule has 0 bridgehead atoms. The number of amides is 14. The highest BCUT2D eigenvalue weighted by Gasteiger charge is 2.44. The van der Waals surface area contributed by atoms with E-state index in [0.717, 1.165) is 4.90 Å². The number of nitrogens with one attached hydrogen (secondary N) is 8. The third-order valence-corrected chi connectivity index (χ3v) is 21.8. The number of aliphatic carboxylic acids is 1. The Morgan fingerprint density at radius 3 is 1.70 bits per heavy atom. The Morgan fingerprint density at radius 2 is 1.15 bits per heavy atom. The fraction of sp³-hybridized carbons (Fsp3) is 0.682. The topological polar surface area (TPSA) is 498 Å². The third-order valence-electron chi connectivity index (χ3n) is 21.8. The highest BCUT2D eigenvalue weighted by atomic mass is 16.6. The van der Waals surface area contributed by atoms with Crippen molar-refractivity contribution in [2.75, 3.05) is 139 Å². The summed E-state index contributed by atoms with van der Waals surface area (Å²) in [6, 6.07) is 7.61. The zero-order chi connectivity index (χ0) is 93.4. The Labute approximate surface area is 740 Å². The first kappa shape index (κ1) is 109. The van der Waals surface area contributed by atoms with Gasteiger partial charge in [0, 0.05) is 97.6 Å². The van der Waals surface area contributed by atoms with Gasteiger partial charge in [0.2, 0.25) is 53.2 Å². The molecule has 0 spiro atoms. The lowest BCUT2D eigenvalue weighted by atomic mass is 9.89. The van der Waals surface area contributed by atoms with E-state index >= 15 is 0 Å². The molecule has 13 atom stereocenters. The fourth-order valence-corrected chi connectivity index (χ4v) is 14.7. The first-order valence-electron chi connectivity index (χ1n) is 43.7. The predicted molar refractivity (Wildman–Crippen MR) is 465 cm³/mol. The van der Waals surface area contributed by atoms with E-state index in [1.165, 1.54) is 38.3 Å². The highest BCUT2D eigenvalue weighted by Crippen LogP contribution is 2.31. The summed E-state index contributed by atoms with van der Waals surface area (Å²) in [5.41, 5.74) is 6.77. The van der Waals surface area contributed by atoms with Crippen LogP contribution < -0.4 is 48.3 Å². The molecule has 4 rings (SSSR count). The average Bonchev–Trinajstić information content (AvgIpc) is 1.49. The van der Waals surface area contributed by atoms with Crippen molar-refractivity contribution in [3.63, 3.8) is 0 Å². The van der Waals surface area contributed by atoms with Crippen LogP contribution in [0.1, 0.15) is 170 Å². The van der Waals surface area contributed by atoms with Gasteiger partial charge in [0.1, 0.15) is 30.8 Å². The number of carbonyl (C=O) groups is 14. The van der Waals surface area contributed by atoms with Gasteiger partial charge >= 0.3 is 18.1 Å². The Kier molecular flexibility index (Phi) is 51.1. The molecule has 14 amide bonds. The number of carboxylic acid groups (broad SMARTS) is 1. The second kappa shape index (κ2) is 59.3. The molecule has 2 aromatic carbocycles. The van der Waals surface area contributed by atoms with Crippen molar-refractivity contribution in [1.82, 2.24) is 56.8 Å². The number of rotatable bonds is 64. The zero-order valence-electron chi connectivity index (χ0n) is 76.0. The number of methoxy groups -OCH3 is 2. The van der Waals surface area contributed by atoms with Crippen LogP contribution in [0.15, 0.2) is 66.7 Å². The van der Waals surface area contributed by atoms with E-state index in [9.17, 15) is 77.3 Å². The smallest absolute Gasteiger partial charge is 0.410 e. The van der Waals surface area contributed by atoms with Gasteiger partial charge in [-0.2, -0.15) is 0 Å². The van der Waals surface area contributed by atoms with Crippen molar-refractivity contribution < 1.29 is 120 Å². The van der Waals surface area contributed by atoms with E-state index in [4.69, 9.17) is 48.4 Å². The van der Waals surface area contributed by atoms with Crippen LogP contribution in [0.25, 0.3) is 0 Å². The Morgan fingerprint density at radius 1 is 0.571 bits per heavy atom. The van der Waals surface area contributed by atoms with Crippen molar-refractivity contribution in [1.29, 1.82) is 0 Å². The number of unbranched alkanes of at least 4 members (excludes halogenated alkanes) is 2. The van der Waals surface area contributed by atoms with E-state index in [-0.39, 0.29) is 141 Å². The van der Waals surface area contributed by atoms with Crippen LogP contribution in [-0.4, -0.2) is 307 Å². The Hall–Kier alpha value is -9.80. The van der Waals surface area contributed by atoms with Gasteiger partial charge in [-0.15, -0.1) is 0 Å². The molecule has 0 aliphatic carbocycles.